The molecule has 29 heavy (non-hydrogen) atoms. The third kappa shape index (κ3) is 4.36. The van der Waals surface area contributed by atoms with Crippen LogP contribution in [0, 0.1) is 0 Å². The van der Waals surface area contributed by atoms with E-state index >= 15 is 0 Å². The number of hydrogen-bond acceptors (Lipinski definition) is 6. The molecule has 156 valence electrons. The Morgan fingerprint density at radius 3 is 2.52 bits per heavy atom. The van der Waals surface area contributed by atoms with Gasteiger partial charge in [-0.2, -0.15) is 5.10 Å². The summed E-state index contributed by atoms with van der Waals surface area (Å²) in [6.45, 7) is 13.0. The minimum absolute atomic E-state index is 0.226. The zero-order valence-corrected chi connectivity index (χ0v) is 17.7. The van der Waals surface area contributed by atoms with Gasteiger partial charge in [0, 0.05) is 25.0 Å². The lowest BCUT2D eigenvalue weighted by Crippen LogP contribution is -2.44. The van der Waals surface area contributed by atoms with Gasteiger partial charge in [0.2, 0.25) is 0 Å². The van der Waals surface area contributed by atoms with Gasteiger partial charge in [-0.05, 0) is 59.0 Å². The average Bonchev–Trinajstić information content (AvgIpc) is 3.39. The summed E-state index contributed by atoms with van der Waals surface area (Å²) in [6, 6.07) is 0.226. The second-order valence-electron chi connectivity index (χ2n) is 9.14. The molecule has 2 aliphatic rings. The molecule has 8 heteroatoms. The van der Waals surface area contributed by atoms with Gasteiger partial charge >= 0.3 is 6.09 Å². The van der Waals surface area contributed by atoms with E-state index in [0.717, 1.165) is 54.2 Å². The Hall–Kier alpha value is -2.64. The molecule has 2 fully saturated rings. The van der Waals surface area contributed by atoms with Crippen LogP contribution in [0.5, 0.6) is 0 Å². The van der Waals surface area contributed by atoms with Gasteiger partial charge in [-0.1, -0.05) is 6.58 Å². The molecule has 0 unspecified atom stereocenters. The minimum Gasteiger partial charge on any atom is -0.444 e. The third-order valence-corrected chi connectivity index (χ3v) is 5.25. The molecule has 0 radical (unpaired) electrons. The number of piperidine rings is 1. The second kappa shape index (κ2) is 7.31. The standard InChI is InChI=1S/C21H30N6O2/c1-13(2)16-12-22-19-18(24-17(14-6-7-14)25-27(16)19)23-15-8-10-26(11-9-15)20(28)29-21(3,4)5/h12,14-15H,1,6-11H2,2-5H3,(H,23,24,25). The fourth-order valence-corrected chi connectivity index (χ4v) is 3.53. The van der Waals surface area contributed by atoms with Crippen LogP contribution in [-0.2, 0) is 4.74 Å². The van der Waals surface area contributed by atoms with Crippen molar-refractivity contribution < 1.29 is 9.53 Å². The molecule has 2 aromatic rings. The first-order valence-electron chi connectivity index (χ1n) is 10.4. The van der Waals surface area contributed by atoms with Crippen LogP contribution < -0.4 is 5.32 Å². The Kier molecular flexibility index (Phi) is 4.96. The van der Waals surface area contributed by atoms with Crippen molar-refractivity contribution in [1.82, 2.24) is 24.5 Å². The molecule has 1 amide bonds. The molecule has 0 aromatic carbocycles. The van der Waals surface area contributed by atoms with Crippen molar-refractivity contribution in [3.8, 4) is 0 Å². The van der Waals surface area contributed by atoms with E-state index in [1.54, 1.807) is 11.1 Å². The van der Waals surface area contributed by atoms with Crippen LogP contribution in [0.2, 0.25) is 0 Å². The summed E-state index contributed by atoms with van der Waals surface area (Å²) in [4.78, 5) is 23.4. The van der Waals surface area contributed by atoms with Gasteiger partial charge in [0.15, 0.2) is 17.3 Å². The van der Waals surface area contributed by atoms with Gasteiger partial charge in [0.1, 0.15) is 5.60 Å². The van der Waals surface area contributed by atoms with Crippen molar-refractivity contribution in [1.29, 1.82) is 0 Å². The van der Waals surface area contributed by atoms with Crippen LogP contribution in [0.4, 0.5) is 10.6 Å². The summed E-state index contributed by atoms with van der Waals surface area (Å²) in [5, 5.41) is 8.28. The summed E-state index contributed by atoms with van der Waals surface area (Å²) in [5.74, 6) is 2.08. The van der Waals surface area contributed by atoms with Crippen molar-refractivity contribution in [3.63, 3.8) is 0 Å². The van der Waals surface area contributed by atoms with Gasteiger partial charge in [-0.15, -0.1) is 0 Å². The van der Waals surface area contributed by atoms with Gasteiger partial charge in [0.25, 0.3) is 0 Å². The first-order valence-corrected chi connectivity index (χ1v) is 10.4. The van der Waals surface area contributed by atoms with Gasteiger partial charge in [-0.3, -0.25) is 0 Å². The zero-order valence-electron chi connectivity index (χ0n) is 17.7. The van der Waals surface area contributed by atoms with Gasteiger partial charge < -0.3 is 15.0 Å². The number of anilines is 1. The first-order chi connectivity index (χ1) is 13.7. The van der Waals surface area contributed by atoms with Crippen LogP contribution in [0.15, 0.2) is 12.8 Å². The summed E-state index contributed by atoms with van der Waals surface area (Å²) >= 11 is 0. The molecule has 3 heterocycles. The third-order valence-electron chi connectivity index (χ3n) is 5.25. The first kappa shape index (κ1) is 19.7. The topological polar surface area (TPSA) is 84.7 Å². The molecule has 4 rings (SSSR count). The van der Waals surface area contributed by atoms with E-state index in [1.807, 2.05) is 32.2 Å². The summed E-state index contributed by atoms with van der Waals surface area (Å²) in [5.41, 5.74) is 2.09. The molecular weight excluding hydrogens is 368 g/mol. The highest BCUT2D eigenvalue weighted by molar-refractivity contribution is 5.69. The number of carbonyl (C=O) groups is 1. The minimum atomic E-state index is -0.473. The maximum Gasteiger partial charge on any atom is 0.410 e. The van der Waals surface area contributed by atoms with E-state index in [4.69, 9.17) is 14.8 Å². The SMILES string of the molecule is C=C(C)c1cnc2c(NC3CCN(C(=O)OC(C)(C)C)CC3)nc(C3CC3)nn12. The predicted octanol–water partition coefficient (Wildman–Crippen LogP) is 3.85. The van der Waals surface area contributed by atoms with E-state index in [9.17, 15) is 4.79 Å². The Bertz CT molecular complexity index is 933. The molecule has 0 atom stereocenters. The highest BCUT2D eigenvalue weighted by Crippen LogP contribution is 2.38. The Morgan fingerprint density at radius 1 is 1.24 bits per heavy atom. The number of aromatic nitrogens is 4. The van der Waals surface area contributed by atoms with E-state index in [1.165, 1.54) is 0 Å². The van der Waals surface area contributed by atoms with Gasteiger partial charge in [0.05, 0.1) is 11.9 Å². The number of amides is 1. The van der Waals surface area contributed by atoms with Crippen molar-refractivity contribution in [2.45, 2.75) is 70.9 Å². The van der Waals surface area contributed by atoms with Crippen LogP contribution in [0.1, 0.15) is 70.8 Å². The van der Waals surface area contributed by atoms with Gasteiger partial charge in [-0.25, -0.2) is 19.3 Å². The number of hydrogen-bond donors (Lipinski definition) is 1. The normalized spacial score (nSPS) is 18.1. The number of likely N-dealkylation sites (tertiary alicyclic amines) is 1. The molecule has 1 saturated carbocycles. The number of allylic oxidation sites excluding steroid dienone is 1. The lowest BCUT2D eigenvalue weighted by Gasteiger charge is -2.33. The van der Waals surface area contributed by atoms with Crippen molar-refractivity contribution in [3.05, 3.63) is 24.3 Å². The number of carbonyl (C=O) groups excluding carboxylic acids is 1. The summed E-state index contributed by atoms with van der Waals surface area (Å²) < 4.78 is 7.35. The monoisotopic (exact) mass is 398 g/mol. The number of imidazole rings is 1. The number of ether oxygens (including phenoxy) is 1. The molecule has 0 spiro atoms. The highest BCUT2D eigenvalue weighted by Gasteiger charge is 2.30. The lowest BCUT2D eigenvalue weighted by atomic mass is 10.1. The summed E-state index contributed by atoms with van der Waals surface area (Å²) in [7, 11) is 0. The molecule has 1 aliphatic carbocycles. The van der Waals surface area contributed by atoms with Crippen molar-refractivity contribution in [2.24, 2.45) is 0 Å². The molecule has 8 nitrogen and oxygen atoms in total. The number of rotatable bonds is 4. The van der Waals surface area contributed by atoms with E-state index in [2.05, 4.69) is 16.9 Å². The van der Waals surface area contributed by atoms with E-state index in [0.29, 0.717) is 19.0 Å². The van der Waals surface area contributed by atoms with Crippen LogP contribution in [0.3, 0.4) is 0 Å². The average molecular weight is 399 g/mol. The largest absolute Gasteiger partial charge is 0.444 e. The van der Waals surface area contributed by atoms with Crippen LogP contribution >= 0.6 is 0 Å². The smallest absolute Gasteiger partial charge is 0.410 e. The quantitative estimate of drug-likeness (QED) is 0.842. The lowest BCUT2D eigenvalue weighted by molar-refractivity contribution is 0.0210. The fourth-order valence-electron chi connectivity index (χ4n) is 3.53. The number of nitrogens with one attached hydrogen (secondary N) is 1. The Morgan fingerprint density at radius 2 is 1.93 bits per heavy atom. The predicted molar refractivity (Wildman–Crippen MR) is 112 cm³/mol. The Labute approximate surface area is 171 Å². The van der Waals surface area contributed by atoms with E-state index in [-0.39, 0.29) is 12.1 Å². The highest BCUT2D eigenvalue weighted by atomic mass is 16.6. The molecule has 1 saturated heterocycles. The maximum absolute atomic E-state index is 12.3. The fraction of sp³-hybridized carbons (Fsp3) is 0.619. The summed E-state index contributed by atoms with van der Waals surface area (Å²) in [6.07, 6.45) is 5.51. The maximum atomic E-state index is 12.3. The molecule has 1 aliphatic heterocycles. The second-order valence-corrected chi connectivity index (χ2v) is 9.14. The van der Waals surface area contributed by atoms with Crippen LogP contribution in [0.25, 0.3) is 11.2 Å². The molecule has 0 bridgehead atoms. The molecule has 2 aromatic heterocycles. The van der Waals surface area contributed by atoms with E-state index < -0.39 is 5.60 Å². The van der Waals surface area contributed by atoms with Crippen molar-refractivity contribution >= 4 is 23.1 Å². The number of fused-ring (bicyclic) bond motifs is 1. The molecular formula is C21H30N6O2. The molecule has 1 N–H and O–H groups in total. The number of nitrogens with zero attached hydrogens (tertiary/aromatic N) is 5. The van der Waals surface area contributed by atoms with Crippen molar-refractivity contribution in [2.75, 3.05) is 18.4 Å². The zero-order chi connectivity index (χ0) is 20.8. The van der Waals surface area contributed by atoms with Crippen LogP contribution in [-0.4, -0.2) is 55.3 Å². The Balaban J connectivity index is 1.49.